The molecule has 1 unspecified atom stereocenters. The third-order valence-electron chi connectivity index (χ3n) is 4.47. The molecule has 25 heavy (non-hydrogen) atoms. The summed E-state index contributed by atoms with van der Waals surface area (Å²) in [6.45, 7) is 5.63. The molecule has 1 aromatic heterocycles. The second-order valence-corrected chi connectivity index (χ2v) is 7.19. The minimum Gasteiger partial charge on any atom is -0.385 e. The van der Waals surface area contributed by atoms with Crippen LogP contribution in [-0.4, -0.2) is 41.6 Å². The van der Waals surface area contributed by atoms with Crippen LogP contribution in [0.1, 0.15) is 20.3 Å². The number of thioether (sulfide) groups is 1. The van der Waals surface area contributed by atoms with Crippen LogP contribution in [0.15, 0.2) is 53.0 Å². The van der Waals surface area contributed by atoms with E-state index < -0.39 is 0 Å². The molecule has 3 rings (SSSR count). The van der Waals surface area contributed by atoms with Crippen molar-refractivity contribution in [3.63, 3.8) is 0 Å². The molecular weight excluding hydrogens is 334 g/mol. The molecule has 1 atom stereocenters. The Morgan fingerprint density at radius 2 is 2.08 bits per heavy atom. The van der Waals surface area contributed by atoms with E-state index in [0.29, 0.717) is 6.61 Å². The fourth-order valence-electron chi connectivity index (χ4n) is 2.77. The van der Waals surface area contributed by atoms with Crippen LogP contribution in [0.25, 0.3) is 11.0 Å². The zero-order chi connectivity index (χ0) is 17.7. The Morgan fingerprint density at radius 1 is 1.24 bits per heavy atom. The van der Waals surface area contributed by atoms with Gasteiger partial charge >= 0.3 is 0 Å². The molecule has 2 N–H and O–H groups in total. The molecule has 1 aliphatic heterocycles. The van der Waals surface area contributed by atoms with Crippen molar-refractivity contribution < 1.29 is 9.47 Å². The Labute approximate surface area is 152 Å². The van der Waals surface area contributed by atoms with Crippen molar-refractivity contribution in [2.75, 3.05) is 26.1 Å². The molecule has 2 heterocycles. The second-order valence-electron chi connectivity index (χ2n) is 6.23. The molecule has 6 heteroatoms. The lowest BCUT2D eigenvalue weighted by molar-refractivity contribution is 0.0190. The maximum Gasteiger partial charge on any atom is 0.166 e. The van der Waals surface area contributed by atoms with Crippen LogP contribution in [0, 0.1) is 0 Å². The first kappa shape index (κ1) is 18.0. The molecule has 5 nitrogen and oxygen atoms in total. The van der Waals surface area contributed by atoms with E-state index in [4.69, 9.17) is 9.47 Å². The molecule has 0 radical (unpaired) electrons. The third kappa shape index (κ3) is 4.26. The summed E-state index contributed by atoms with van der Waals surface area (Å²) in [4.78, 5) is 7.98. The highest BCUT2D eigenvalue weighted by atomic mass is 32.2. The lowest BCUT2D eigenvalue weighted by atomic mass is 9.93. The maximum absolute atomic E-state index is 6.12. The number of aromatic amines is 1. The van der Waals surface area contributed by atoms with E-state index in [9.17, 15) is 0 Å². The first-order valence-corrected chi connectivity index (χ1v) is 9.46. The largest absolute Gasteiger partial charge is 0.385 e. The van der Waals surface area contributed by atoms with Gasteiger partial charge in [-0.25, -0.2) is 4.98 Å². The van der Waals surface area contributed by atoms with E-state index in [-0.39, 0.29) is 5.60 Å². The quantitative estimate of drug-likeness (QED) is 0.554. The summed E-state index contributed by atoms with van der Waals surface area (Å²) in [7, 11) is 1.71. The summed E-state index contributed by atoms with van der Waals surface area (Å²) in [5.41, 5.74) is 4.07. The van der Waals surface area contributed by atoms with E-state index in [1.165, 1.54) is 11.3 Å². The van der Waals surface area contributed by atoms with Gasteiger partial charge in [0.1, 0.15) is 5.60 Å². The molecule has 1 aliphatic rings. The van der Waals surface area contributed by atoms with Crippen molar-refractivity contribution >= 4 is 22.8 Å². The predicted molar refractivity (Wildman–Crippen MR) is 103 cm³/mol. The Kier molecular flexibility index (Phi) is 5.83. The molecule has 0 fully saturated rings. The monoisotopic (exact) mass is 359 g/mol. The number of fused-ring (bicyclic) bond motifs is 1. The van der Waals surface area contributed by atoms with Crippen molar-refractivity contribution in [1.29, 1.82) is 0 Å². The number of ether oxygens (including phenoxy) is 2. The van der Waals surface area contributed by atoms with Crippen LogP contribution >= 0.6 is 11.8 Å². The summed E-state index contributed by atoms with van der Waals surface area (Å²) in [5.74, 6) is 0.813. The number of imidazole rings is 1. The molecule has 0 saturated carbocycles. The predicted octanol–water partition coefficient (Wildman–Crippen LogP) is 3.86. The lowest BCUT2D eigenvalue weighted by Gasteiger charge is -2.33. The van der Waals surface area contributed by atoms with Crippen molar-refractivity contribution in [2.45, 2.75) is 31.0 Å². The van der Waals surface area contributed by atoms with Gasteiger partial charge in [0.05, 0.1) is 17.6 Å². The van der Waals surface area contributed by atoms with Crippen LogP contribution in [0.3, 0.4) is 0 Å². The van der Waals surface area contributed by atoms with Gasteiger partial charge in [-0.1, -0.05) is 23.9 Å². The van der Waals surface area contributed by atoms with Gasteiger partial charge in [-0.3, -0.25) is 0 Å². The van der Waals surface area contributed by atoms with Crippen LogP contribution in [0.5, 0.6) is 0 Å². The Hall–Kier alpha value is -1.76. The number of H-pyrrole nitrogens is 1. The minimum absolute atomic E-state index is 0.372. The minimum atomic E-state index is -0.372. The highest BCUT2D eigenvalue weighted by Crippen LogP contribution is 2.30. The van der Waals surface area contributed by atoms with Crippen LogP contribution in [-0.2, 0) is 9.47 Å². The number of hydrogen-bond acceptors (Lipinski definition) is 5. The molecule has 0 amide bonds. The summed E-state index contributed by atoms with van der Waals surface area (Å²) in [6, 6.07) is 8.09. The molecule has 1 aromatic carbocycles. The van der Waals surface area contributed by atoms with Crippen molar-refractivity contribution in [3.8, 4) is 0 Å². The van der Waals surface area contributed by atoms with Gasteiger partial charge in [0.2, 0.25) is 0 Å². The molecule has 0 bridgehead atoms. The number of nitrogens with zero attached hydrogens (tertiary/aromatic N) is 1. The number of methoxy groups -OCH3 is 1. The van der Waals surface area contributed by atoms with E-state index in [1.54, 1.807) is 18.9 Å². The van der Waals surface area contributed by atoms with Crippen LogP contribution in [0.2, 0.25) is 0 Å². The van der Waals surface area contributed by atoms with Gasteiger partial charge in [-0.15, -0.1) is 0 Å². The van der Waals surface area contributed by atoms with Crippen molar-refractivity contribution in [3.05, 3.63) is 47.8 Å². The van der Waals surface area contributed by atoms with Crippen molar-refractivity contribution in [2.24, 2.45) is 0 Å². The van der Waals surface area contributed by atoms with Crippen molar-refractivity contribution in [1.82, 2.24) is 15.3 Å². The number of rotatable bonds is 8. The average molecular weight is 359 g/mol. The Morgan fingerprint density at radius 3 is 2.88 bits per heavy atom. The highest BCUT2D eigenvalue weighted by molar-refractivity contribution is 7.99. The number of nitrogens with one attached hydrogen (secondary N) is 2. The van der Waals surface area contributed by atoms with E-state index in [2.05, 4.69) is 35.2 Å². The Bertz CT molecular complexity index is 751. The third-order valence-corrected chi connectivity index (χ3v) is 5.37. The first-order valence-electron chi connectivity index (χ1n) is 8.47. The SMILES string of the molecule is COCCCOC1(C)C=CNC(CSc2nc3ccccc3[nH]2)=C1C. The summed E-state index contributed by atoms with van der Waals surface area (Å²) in [6.07, 6.45) is 4.94. The molecular formula is C19H25N3O2S. The van der Waals surface area contributed by atoms with E-state index >= 15 is 0 Å². The fraction of sp³-hybridized carbons (Fsp3) is 0.421. The maximum atomic E-state index is 6.12. The fourth-order valence-corrected chi connectivity index (χ4v) is 3.69. The average Bonchev–Trinajstić information content (AvgIpc) is 3.03. The van der Waals surface area contributed by atoms with Gasteiger partial charge in [-0.2, -0.15) is 0 Å². The van der Waals surface area contributed by atoms with Gasteiger partial charge in [0, 0.05) is 25.2 Å². The number of benzene rings is 1. The van der Waals surface area contributed by atoms with Gasteiger partial charge in [0.25, 0.3) is 0 Å². The zero-order valence-corrected chi connectivity index (χ0v) is 15.8. The van der Waals surface area contributed by atoms with E-state index in [1.807, 2.05) is 30.5 Å². The number of para-hydroxylation sites is 2. The Balaban J connectivity index is 1.65. The van der Waals surface area contributed by atoms with Gasteiger partial charge in [-0.05, 0) is 50.3 Å². The number of dihydropyridines is 1. The lowest BCUT2D eigenvalue weighted by Crippen LogP contribution is -2.35. The molecule has 134 valence electrons. The highest BCUT2D eigenvalue weighted by Gasteiger charge is 2.29. The summed E-state index contributed by atoms with van der Waals surface area (Å²) < 4.78 is 11.2. The standard InChI is InChI=1S/C19H25N3O2S/c1-14-17(20-10-9-19(14,2)24-12-6-11-23-3)13-25-18-21-15-7-4-5-8-16(15)22-18/h4-5,7-10,20H,6,11-13H2,1-3H3,(H,21,22). The number of aromatic nitrogens is 2. The van der Waals surface area contributed by atoms with E-state index in [0.717, 1.165) is 35.0 Å². The molecule has 2 aromatic rings. The topological polar surface area (TPSA) is 59.2 Å². The number of hydrogen-bond donors (Lipinski definition) is 2. The smallest absolute Gasteiger partial charge is 0.166 e. The van der Waals surface area contributed by atoms with Crippen LogP contribution < -0.4 is 5.32 Å². The first-order chi connectivity index (χ1) is 12.1. The molecule has 0 aliphatic carbocycles. The molecule has 0 saturated heterocycles. The normalized spacial score (nSPS) is 20.3. The second kappa shape index (κ2) is 8.08. The van der Waals surface area contributed by atoms with Gasteiger partial charge in [0.15, 0.2) is 5.16 Å². The van der Waals surface area contributed by atoms with Gasteiger partial charge < -0.3 is 19.8 Å². The summed E-state index contributed by atoms with van der Waals surface area (Å²) >= 11 is 1.69. The van der Waals surface area contributed by atoms with Crippen LogP contribution in [0.4, 0.5) is 0 Å². The summed E-state index contributed by atoms with van der Waals surface area (Å²) in [5, 5.41) is 4.29. The zero-order valence-electron chi connectivity index (χ0n) is 15.0. The molecule has 0 spiro atoms.